The number of ether oxygens (including phenoxy) is 2. The lowest BCUT2D eigenvalue weighted by molar-refractivity contribution is -0.275. The largest absolute Gasteiger partial charge is 0.573 e. The fourth-order valence-electron chi connectivity index (χ4n) is 5.60. The lowest BCUT2D eigenvalue weighted by Gasteiger charge is -2.10. The molecule has 0 saturated heterocycles. The Balaban J connectivity index is 0.000000256. The van der Waals surface area contributed by atoms with E-state index in [1.54, 1.807) is 0 Å². The molecule has 20 nitrogen and oxygen atoms in total. The van der Waals surface area contributed by atoms with Crippen LogP contribution in [0.15, 0.2) is 124 Å². The number of carbonyl (C=O) groups is 4. The number of amides is 2. The van der Waals surface area contributed by atoms with Gasteiger partial charge in [-0.05, 0) is 93.2 Å². The molecule has 4 aromatic carbocycles. The van der Waals surface area contributed by atoms with E-state index in [-0.39, 0.29) is 62.6 Å². The zero-order chi connectivity index (χ0) is 53.8. The van der Waals surface area contributed by atoms with Crippen LogP contribution >= 0.6 is 15.9 Å². The van der Waals surface area contributed by atoms with Crippen LogP contribution < -0.4 is 35.8 Å². The number of nitrogens with one attached hydrogen (secondary N) is 2. The van der Waals surface area contributed by atoms with Crippen LogP contribution in [-0.4, -0.2) is 90.0 Å². The molecule has 0 unspecified atom stereocenters. The minimum absolute atomic E-state index is 0.0181. The molecule has 2 amide bonds. The van der Waals surface area contributed by atoms with Crippen LogP contribution in [0.25, 0.3) is 11.3 Å². The molecule has 6 rings (SSSR count). The second-order valence-corrected chi connectivity index (χ2v) is 18.5. The van der Waals surface area contributed by atoms with Gasteiger partial charge < -0.3 is 31.0 Å². The second kappa shape index (κ2) is 24.1. The van der Waals surface area contributed by atoms with E-state index in [0.717, 1.165) is 50.2 Å². The van der Waals surface area contributed by atoms with E-state index >= 15 is 0 Å². The summed E-state index contributed by atoms with van der Waals surface area (Å²) in [6.07, 6.45) is -7.11. The van der Waals surface area contributed by atoms with Gasteiger partial charge in [0.05, 0.1) is 27.9 Å². The molecule has 0 aliphatic carbocycles. The van der Waals surface area contributed by atoms with E-state index in [9.17, 15) is 62.4 Å². The minimum Gasteiger partial charge on any atom is -0.423 e. The van der Waals surface area contributed by atoms with E-state index in [2.05, 4.69) is 45.3 Å². The maximum atomic E-state index is 12.8. The number of anilines is 2. The van der Waals surface area contributed by atoms with Gasteiger partial charge in [0.2, 0.25) is 11.8 Å². The van der Waals surface area contributed by atoms with Crippen molar-refractivity contribution >= 4 is 83.6 Å². The number of nitrogens with two attached hydrogens (primary N) is 2. The first-order chi connectivity index (χ1) is 33.4. The van der Waals surface area contributed by atoms with E-state index < -0.39 is 69.0 Å². The molecular formula is C42H36BBrF6N8O12S2. The van der Waals surface area contributed by atoms with Gasteiger partial charge in [-0.2, -0.15) is 0 Å². The molecule has 0 atom stereocenters. The van der Waals surface area contributed by atoms with Crippen molar-refractivity contribution in [1.29, 1.82) is 0 Å². The number of nitrogen functional groups attached to an aromatic ring is 2. The summed E-state index contributed by atoms with van der Waals surface area (Å²) in [4.78, 5) is 62.6. The van der Waals surface area contributed by atoms with Crippen molar-refractivity contribution < 1.29 is 81.9 Å². The molecule has 0 saturated carbocycles. The Kier molecular flexibility index (Phi) is 19.1. The molecule has 72 heavy (non-hydrogen) atoms. The van der Waals surface area contributed by atoms with Gasteiger partial charge >= 0.3 is 19.8 Å². The number of hydrogen-bond donors (Lipinski definition) is 6. The number of Topliss-reactive ketones (excluding diaryl/α,β-unsaturated/α-hetero) is 2. The first kappa shape index (κ1) is 57.0. The number of carbonyl (C=O) groups excluding carboxylic acids is 4. The Morgan fingerprint density at radius 3 is 1.36 bits per heavy atom. The fraction of sp³-hybridized carbons (Fsp3) is 0.143. The molecule has 2 aromatic heterocycles. The summed E-state index contributed by atoms with van der Waals surface area (Å²) < 4.78 is 131. The quantitative estimate of drug-likeness (QED) is 0.0505. The summed E-state index contributed by atoms with van der Waals surface area (Å²) in [5, 5.41) is 17.3. The lowest BCUT2D eigenvalue weighted by Crippen LogP contribution is -2.29. The number of aromatic nitrogens is 4. The molecule has 30 heteroatoms. The van der Waals surface area contributed by atoms with Crippen LogP contribution in [0.1, 0.15) is 46.0 Å². The van der Waals surface area contributed by atoms with Crippen LogP contribution in [0.4, 0.5) is 38.0 Å². The van der Waals surface area contributed by atoms with Gasteiger partial charge in [0.15, 0.2) is 23.2 Å². The van der Waals surface area contributed by atoms with Gasteiger partial charge in [0.1, 0.15) is 27.5 Å². The van der Waals surface area contributed by atoms with Crippen LogP contribution in [-0.2, 0) is 42.5 Å². The fourth-order valence-corrected chi connectivity index (χ4v) is 7.86. The number of hydrogen-bond acceptors (Lipinski definition) is 18. The molecule has 8 N–H and O–H groups in total. The summed E-state index contributed by atoms with van der Waals surface area (Å²) in [6.45, 7) is 2.17. The van der Waals surface area contributed by atoms with E-state index in [0.29, 0.717) is 21.3 Å². The van der Waals surface area contributed by atoms with Gasteiger partial charge in [-0.25, -0.2) is 46.2 Å². The first-order valence-corrected chi connectivity index (χ1v) is 23.5. The van der Waals surface area contributed by atoms with Crippen LogP contribution in [0.3, 0.4) is 0 Å². The molecule has 0 bridgehead atoms. The number of benzene rings is 4. The predicted molar refractivity (Wildman–Crippen MR) is 247 cm³/mol. The Labute approximate surface area is 413 Å². The van der Waals surface area contributed by atoms with Crippen molar-refractivity contribution in [2.24, 2.45) is 0 Å². The highest BCUT2D eigenvalue weighted by Crippen LogP contribution is 2.27. The zero-order valence-corrected chi connectivity index (χ0v) is 40.0. The third kappa shape index (κ3) is 18.0. The summed E-state index contributed by atoms with van der Waals surface area (Å²) in [5.74, 6) is -3.22. The monoisotopic (exact) mass is 1110 g/mol. The van der Waals surface area contributed by atoms with Gasteiger partial charge in [0, 0.05) is 32.3 Å². The van der Waals surface area contributed by atoms with Crippen molar-refractivity contribution in [2.75, 3.05) is 11.5 Å². The number of rotatable bonds is 14. The van der Waals surface area contributed by atoms with Crippen LogP contribution in [0.2, 0.25) is 0 Å². The summed E-state index contributed by atoms with van der Waals surface area (Å²) in [6, 6.07) is 20.0. The third-order valence-electron chi connectivity index (χ3n) is 8.65. The topological polar surface area (TPSA) is 323 Å². The minimum atomic E-state index is -4.82. The van der Waals surface area contributed by atoms with Crippen molar-refractivity contribution in [3.05, 3.63) is 137 Å². The summed E-state index contributed by atoms with van der Waals surface area (Å²) in [7, 11) is -9.61. The van der Waals surface area contributed by atoms with E-state index in [1.807, 2.05) is 9.44 Å². The number of sulfonamides is 2. The molecule has 0 radical (unpaired) electrons. The molecular weight excluding hydrogens is 1080 g/mol. The van der Waals surface area contributed by atoms with Gasteiger partial charge in [-0.1, -0.05) is 36.4 Å². The number of halogens is 7. The first-order valence-electron chi connectivity index (χ1n) is 19.7. The summed E-state index contributed by atoms with van der Waals surface area (Å²) in [5.41, 5.74) is 13.0. The highest BCUT2D eigenvalue weighted by atomic mass is 79.9. The lowest BCUT2D eigenvalue weighted by atomic mass is 9.80. The van der Waals surface area contributed by atoms with Crippen LogP contribution in [0, 0.1) is 0 Å². The Morgan fingerprint density at radius 2 is 0.986 bits per heavy atom. The van der Waals surface area contributed by atoms with Crippen molar-refractivity contribution in [2.45, 2.75) is 49.2 Å². The Morgan fingerprint density at radius 1 is 0.611 bits per heavy atom. The summed E-state index contributed by atoms with van der Waals surface area (Å²) >= 11 is 3.12. The number of alkyl halides is 6. The second-order valence-electron chi connectivity index (χ2n) is 14.3. The van der Waals surface area contributed by atoms with Crippen molar-refractivity contribution in [3.8, 4) is 22.8 Å². The molecule has 0 fully saturated rings. The van der Waals surface area contributed by atoms with E-state index in [4.69, 9.17) is 21.5 Å². The smallest absolute Gasteiger partial charge is 0.423 e. The van der Waals surface area contributed by atoms with Crippen molar-refractivity contribution in [1.82, 2.24) is 29.4 Å². The molecule has 6 aromatic rings. The SMILES string of the molecule is CC(=O)NS(=O)(=O)c1ccc(CC(=O)c2nc(-c3ccc(OC(F)(F)F)cc3)cnc2N)cc1.CC(=O)NS(=O)(=O)c1ccc(CC(=O)c2nc(Br)cnc2N)cc1.OB(O)c1ccc(OC(F)(F)F)cc1. The molecule has 380 valence electrons. The normalized spacial score (nSPS) is 11.4. The van der Waals surface area contributed by atoms with Crippen molar-refractivity contribution in [3.63, 3.8) is 0 Å². The third-order valence-corrected chi connectivity index (χ3v) is 11.9. The highest BCUT2D eigenvalue weighted by Gasteiger charge is 2.32. The standard InChI is InChI=1S/C21H17F3N4O5S.C14H13BrN4O4S.C7H6BF3O3/c1-12(29)28-34(31,32)16-8-2-13(3-9-16)10-18(30)19-20(25)26-11-17(27-19)14-4-6-15(7-5-14)33-21(22,23)24;1-8(20)19-24(22,23)10-4-2-9(3-5-10)6-11(21)13-14(16)17-7-12(15)18-13;9-7(10,11)14-6-3-1-5(2-4-6)8(12)13/h2-9,11H,10H2,1H3,(H2,25,26)(H,28,29);2-5,7H,6H2,1H3,(H2,16,17)(H,19,20);1-4,12-13H. The molecule has 2 heterocycles. The van der Waals surface area contributed by atoms with Gasteiger partial charge in [0.25, 0.3) is 20.0 Å². The highest BCUT2D eigenvalue weighted by molar-refractivity contribution is 9.10. The predicted octanol–water partition coefficient (Wildman–Crippen LogP) is 4.21. The Bertz CT molecular complexity index is 3140. The molecule has 0 aliphatic heterocycles. The number of ketones is 2. The molecule has 0 aliphatic rings. The van der Waals surface area contributed by atoms with Gasteiger partial charge in [-0.15, -0.1) is 26.3 Å². The maximum Gasteiger partial charge on any atom is 0.573 e. The zero-order valence-electron chi connectivity index (χ0n) is 36.8. The average molecular weight is 1110 g/mol. The van der Waals surface area contributed by atoms with E-state index in [1.165, 1.54) is 73.1 Å². The van der Waals surface area contributed by atoms with Gasteiger partial charge in [-0.3, -0.25) is 19.2 Å². The Hall–Kier alpha value is -7.54. The molecule has 0 spiro atoms. The average Bonchev–Trinajstić information content (AvgIpc) is 3.27. The van der Waals surface area contributed by atoms with Crippen LogP contribution in [0.5, 0.6) is 11.5 Å². The number of nitrogens with zero attached hydrogens (tertiary/aromatic N) is 4. The maximum absolute atomic E-state index is 12.8.